The van der Waals surface area contributed by atoms with E-state index in [9.17, 15) is 14.9 Å². The second-order valence-electron chi connectivity index (χ2n) is 7.63. The molecule has 35 heavy (non-hydrogen) atoms. The van der Waals surface area contributed by atoms with Gasteiger partial charge in [-0.2, -0.15) is 0 Å². The summed E-state index contributed by atoms with van der Waals surface area (Å²) in [5.74, 6) is 1.43. The molecular weight excluding hydrogens is 448 g/mol. The van der Waals surface area contributed by atoms with Crippen molar-refractivity contribution in [2.75, 3.05) is 13.7 Å². The van der Waals surface area contributed by atoms with Crippen LogP contribution in [-0.4, -0.2) is 34.1 Å². The van der Waals surface area contributed by atoms with Crippen molar-refractivity contribution in [3.8, 4) is 28.4 Å². The van der Waals surface area contributed by atoms with E-state index in [1.165, 1.54) is 28.9 Å². The number of nitro groups is 1. The highest BCUT2D eigenvalue weighted by molar-refractivity contribution is 6.04. The van der Waals surface area contributed by atoms with Crippen LogP contribution in [-0.2, 0) is 0 Å². The van der Waals surface area contributed by atoms with Gasteiger partial charge < -0.3 is 9.47 Å². The molecule has 0 radical (unpaired) electrons. The second-order valence-corrected chi connectivity index (χ2v) is 7.63. The number of aromatic nitrogens is 2. The Bertz CT molecular complexity index is 1420. The Morgan fingerprint density at radius 3 is 2.20 bits per heavy atom. The molecule has 0 spiro atoms. The third-order valence-corrected chi connectivity index (χ3v) is 5.39. The molecule has 0 saturated carbocycles. The molecule has 3 aromatic carbocycles. The topological polar surface area (TPSA) is 112 Å². The number of methoxy groups -OCH3 is 1. The third kappa shape index (κ3) is 4.98. The van der Waals surface area contributed by atoms with E-state index in [1.54, 1.807) is 26.2 Å². The van der Waals surface area contributed by atoms with Gasteiger partial charge in [-0.25, -0.2) is 4.68 Å². The average Bonchev–Trinajstić information content (AvgIpc) is 3.22. The van der Waals surface area contributed by atoms with Crippen molar-refractivity contribution in [3.63, 3.8) is 0 Å². The summed E-state index contributed by atoms with van der Waals surface area (Å²) in [6.45, 7) is 4.26. The van der Waals surface area contributed by atoms with Crippen molar-refractivity contribution in [2.45, 2.75) is 13.8 Å². The predicted molar refractivity (Wildman–Crippen MR) is 135 cm³/mol. The molecule has 1 aromatic heterocycles. The Balaban J connectivity index is 1.83. The quantitative estimate of drug-likeness (QED) is 0.213. The zero-order chi connectivity index (χ0) is 24.9. The van der Waals surface area contributed by atoms with Gasteiger partial charge in [0, 0.05) is 17.7 Å². The van der Waals surface area contributed by atoms with E-state index < -0.39 is 4.92 Å². The van der Waals surface area contributed by atoms with Crippen molar-refractivity contribution >= 4 is 17.1 Å². The first-order valence-electron chi connectivity index (χ1n) is 10.9. The van der Waals surface area contributed by atoms with Crippen LogP contribution in [0.15, 0.2) is 82.6 Å². The van der Waals surface area contributed by atoms with Gasteiger partial charge in [0.05, 0.1) is 47.0 Å². The van der Waals surface area contributed by atoms with Gasteiger partial charge in [-0.15, -0.1) is 0 Å². The molecule has 1 heterocycles. The summed E-state index contributed by atoms with van der Waals surface area (Å²) in [5, 5.41) is 14.2. The number of nitrogens with zero attached hydrogens (tertiary/aromatic N) is 3. The van der Waals surface area contributed by atoms with Crippen LogP contribution in [0.2, 0.25) is 0 Å². The lowest BCUT2D eigenvalue weighted by Gasteiger charge is -2.06. The zero-order valence-corrected chi connectivity index (χ0v) is 19.5. The lowest BCUT2D eigenvalue weighted by atomic mass is 10.0. The lowest BCUT2D eigenvalue weighted by molar-refractivity contribution is -0.384. The standard InChI is InChI=1S/C26H24N4O5/c1-4-35-23-15-7-19(8-16-23)27-17(2)24-25(18-5-13-22(34-3)14-6-18)28-29(26(24)31)20-9-11-21(12-10-20)30(32)33/h5-16,28H,4H2,1-3H3. The number of benzene rings is 3. The summed E-state index contributed by atoms with van der Waals surface area (Å²) in [4.78, 5) is 28.8. The van der Waals surface area contributed by atoms with Crippen LogP contribution in [0.4, 0.5) is 11.4 Å². The highest BCUT2D eigenvalue weighted by atomic mass is 16.6. The van der Waals surface area contributed by atoms with E-state index in [0.717, 1.165) is 11.3 Å². The second kappa shape index (κ2) is 10.1. The normalized spacial score (nSPS) is 11.3. The fraction of sp³-hybridized carbons (Fsp3) is 0.154. The average molecular weight is 473 g/mol. The maximum Gasteiger partial charge on any atom is 0.280 e. The molecule has 0 unspecified atom stereocenters. The molecule has 178 valence electrons. The van der Waals surface area contributed by atoms with Crippen LogP contribution in [0.1, 0.15) is 19.4 Å². The maximum atomic E-state index is 13.5. The Labute approximate surface area is 201 Å². The van der Waals surface area contributed by atoms with Gasteiger partial charge in [0.1, 0.15) is 11.5 Å². The van der Waals surface area contributed by atoms with Crippen LogP contribution in [0, 0.1) is 10.1 Å². The number of ether oxygens (including phenoxy) is 2. The van der Waals surface area contributed by atoms with Crippen LogP contribution >= 0.6 is 0 Å². The van der Waals surface area contributed by atoms with Gasteiger partial charge in [0.2, 0.25) is 0 Å². The van der Waals surface area contributed by atoms with Crippen molar-refractivity contribution < 1.29 is 14.4 Å². The first-order valence-corrected chi connectivity index (χ1v) is 10.9. The smallest absolute Gasteiger partial charge is 0.280 e. The minimum absolute atomic E-state index is 0.0581. The molecule has 4 rings (SSSR count). The summed E-state index contributed by atoms with van der Waals surface area (Å²) < 4.78 is 12.1. The number of hydrogen-bond acceptors (Lipinski definition) is 6. The molecule has 9 heteroatoms. The van der Waals surface area contributed by atoms with Crippen LogP contribution in [0.5, 0.6) is 11.5 Å². The summed E-state index contributed by atoms with van der Waals surface area (Å²) in [5.41, 5.74) is 3.01. The van der Waals surface area contributed by atoms with Crippen molar-refractivity contribution in [1.29, 1.82) is 0 Å². The van der Waals surface area contributed by atoms with Crippen molar-refractivity contribution in [2.24, 2.45) is 4.99 Å². The number of hydrogen-bond donors (Lipinski definition) is 1. The largest absolute Gasteiger partial charge is 0.497 e. The molecule has 0 fully saturated rings. The zero-order valence-electron chi connectivity index (χ0n) is 19.5. The van der Waals surface area contributed by atoms with Crippen molar-refractivity contribution in [1.82, 2.24) is 9.78 Å². The molecule has 9 nitrogen and oxygen atoms in total. The highest BCUT2D eigenvalue weighted by Gasteiger charge is 2.20. The monoisotopic (exact) mass is 472 g/mol. The fourth-order valence-corrected chi connectivity index (χ4v) is 3.68. The number of H-pyrrole nitrogens is 1. The first-order chi connectivity index (χ1) is 16.9. The molecular formula is C26H24N4O5. The molecule has 1 N–H and O–H groups in total. The third-order valence-electron chi connectivity index (χ3n) is 5.39. The molecule has 0 amide bonds. The number of nitrogens with one attached hydrogen (secondary N) is 1. The Hall–Kier alpha value is -4.66. The van der Waals surface area contributed by atoms with Gasteiger partial charge in [0.15, 0.2) is 0 Å². The molecule has 0 aliphatic heterocycles. The molecule has 4 aromatic rings. The fourth-order valence-electron chi connectivity index (χ4n) is 3.68. The van der Waals surface area contributed by atoms with E-state index in [-0.39, 0.29) is 11.2 Å². The summed E-state index contributed by atoms with van der Waals surface area (Å²) in [6, 6.07) is 20.4. The molecule has 0 atom stereocenters. The highest BCUT2D eigenvalue weighted by Crippen LogP contribution is 2.26. The van der Waals surface area contributed by atoms with E-state index in [4.69, 9.17) is 9.47 Å². The number of non-ortho nitro benzene ring substituents is 1. The van der Waals surface area contributed by atoms with Gasteiger partial charge in [0.25, 0.3) is 11.2 Å². The Kier molecular flexibility index (Phi) is 6.77. The molecule has 0 saturated heterocycles. The first kappa shape index (κ1) is 23.5. The minimum atomic E-state index is -0.483. The number of aromatic amines is 1. The number of aliphatic imine (C=N–C) groups is 1. The molecule has 0 bridgehead atoms. The minimum Gasteiger partial charge on any atom is -0.497 e. The Morgan fingerprint density at radius 1 is 1.00 bits per heavy atom. The molecule has 0 aliphatic carbocycles. The molecule has 0 aliphatic rings. The van der Waals surface area contributed by atoms with Crippen LogP contribution in [0.3, 0.4) is 0 Å². The van der Waals surface area contributed by atoms with E-state index in [2.05, 4.69) is 10.1 Å². The van der Waals surface area contributed by atoms with E-state index in [1.807, 2.05) is 43.3 Å². The predicted octanol–water partition coefficient (Wildman–Crippen LogP) is 5.29. The van der Waals surface area contributed by atoms with E-state index in [0.29, 0.717) is 40.7 Å². The summed E-state index contributed by atoms with van der Waals surface area (Å²) >= 11 is 0. The van der Waals surface area contributed by atoms with Gasteiger partial charge >= 0.3 is 0 Å². The van der Waals surface area contributed by atoms with Gasteiger partial charge in [-0.1, -0.05) is 0 Å². The number of nitro benzene ring substituents is 1. The maximum absolute atomic E-state index is 13.5. The SMILES string of the molecule is CCOc1ccc(N=C(C)c2c(-c3ccc(OC)cc3)[nH]n(-c3ccc([N+](=O)[O-])cc3)c2=O)cc1. The van der Waals surface area contributed by atoms with Crippen LogP contribution < -0.4 is 15.0 Å². The van der Waals surface area contributed by atoms with Crippen molar-refractivity contribution in [3.05, 3.63) is 98.8 Å². The number of rotatable bonds is 8. The van der Waals surface area contributed by atoms with Gasteiger partial charge in [-0.05, 0) is 74.5 Å². The lowest BCUT2D eigenvalue weighted by Crippen LogP contribution is -2.19. The summed E-state index contributed by atoms with van der Waals surface area (Å²) in [7, 11) is 1.58. The van der Waals surface area contributed by atoms with E-state index >= 15 is 0 Å². The Morgan fingerprint density at radius 2 is 1.63 bits per heavy atom. The van der Waals surface area contributed by atoms with Gasteiger partial charge in [-0.3, -0.25) is 25.0 Å². The summed E-state index contributed by atoms with van der Waals surface area (Å²) in [6.07, 6.45) is 0. The van der Waals surface area contributed by atoms with Crippen LogP contribution in [0.25, 0.3) is 16.9 Å².